The number of hydrogen-bond donors (Lipinski definition) is 2. The molecule has 3 nitrogen and oxygen atoms in total. The van der Waals surface area contributed by atoms with Crippen LogP contribution in [0.25, 0.3) is 0 Å². The summed E-state index contributed by atoms with van der Waals surface area (Å²) in [4.78, 5) is 4.02. The van der Waals surface area contributed by atoms with Crippen LogP contribution in [0, 0.1) is 5.82 Å². The molecule has 1 heterocycles. The number of halogens is 2. The van der Waals surface area contributed by atoms with Gasteiger partial charge in [0.2, 0.25) is 0 Å². The Morgan fingerprint density at radius 1 is 1.42 bits per heavy atom. The first-order valence-electron chi connectivity index (χ1n) is 5.93. The fourth-order valence-electron chi connectivity index (χ4n) is 2.00. The minimum Gasteiger partial charge on any atom is -0.383 e. The highest BCUT2D eigenvalue weighted by Crippen LogP contribution is 2.25. The first-order chi connectivity index (χ1) is 9.11. The molecule has 0 saturated carbocycles. The van der Waals surface area contributed by atoms with Crippen molar-refractivity contribution in [1.82, 2.24) is 10.3 Å². The first kappa shape index (κ1) is 13.8. The third-order valence-electron chi connectivity index (χ3n) is 3.02. The van der Waals surface area contributed by atoms with Gasteiger partial charge in [0.05, 0.1) is 5.02 Å². The van der Waals surface area contributed by atoms with E-state index in [2.05, 4.69) is 10.3 Å². The molecular weight excluding hydrogens is 265 g/mol. The van der Waals surface area contributed by atoms with E-state index in [9.17, 15) is 4.39 Å². The summed E-state index contributed by atoms with van der Waals surface area (Å²) < 4.78 is 13.7. The molecule has 1 aromatic carbocycles. The minimum absolute atomic E-state index is 0.136. The maximum Gasteiger partial charge on any atom is 0.128 e. The zero-order valence-corrected chi connectivity index (χ0v) is 11.3. The Kier molecular flexibility index (Phi) is 4.35. The van der Waals surface area contributed by atoms with Gasteiger partial charge >= 0.3 is 0 Å². The van der Waals surface area contributed by atoms with Gasteiger partial charge in [0.1, 0.15) is 11.6 Å². The molecule has 19 heavy (non-hydrogen) atoms. The molecule has 0 amide bonds. The van der Waals surface area contributed by atoms with Crippen LogP contribution in [-0.2, 0) is 6.42 Å². The molecule has 0 radical (unpaired) electrons. The van der Waals surface area contributed by atoms with E-state index in [0.29, 0.717) is 22.8 Å². The Bertz CT molecular complexity index is 574. The molecule has 0 aliphatic heterocycles. The van der Waals surface area contributed by atoms with E-state index in [-0.39, 0.29) is 11.9 Å². The molecule has 2 aromatic rings. The highest BCUT2D eigenvalue weighted by Gasteiger charge is 2.16. The Hall–Kier alpha value is -1.65. The van der Waals surface area contributed by atoms with Crippen LogP contribution in [0.2, 0.25) is 5.02 Å². The van der Waals surface area contributed by atoms with E-state index in [1.807, 2.05) is 6.07 Å². The normalized spacial score (nSPS) is 12.4. The van der Waals surface area contributed by atoms with E-state index in [1.165, 1.54) is 12.3 Å². The summed E-state index contributed by atoms with van der Waals surface area (Å²) in [5, 5.41) is 3.63. The van der Waals surface area contributed by atoms with Crippen molar-refractivity contribution in [3.05, 3.63) is 58.5 Å². The standard InChI is InChI=1S/C14H15ClFN3/c1-18-13(6-9-4-2-3-5-12(9)16)11-7-10(15)8-19-14(11)17/h2-5,7-8,13,18H,6H2,1H3,(H2,17,19). The van der Waals surface area contributed by atoms with Gasteiger partial charge in [0, 0.05) is 17.8 Å². The Balaban J connectivity index is 2.30. The lowest BCUT2D eigenvalue weighted by Gasteiger charge is -2.18. The average molecular weight is 280 g/mol. The van der Waals surface area contributed by atoms with Crippen LogP contribution in [0.15, 0.2) is 36.5 Å². The molecule has 0 bridgehead atoms. The second-order valence-electron chi connectivity index (χ2n) is 4.26. The summed E-state index contributed by atoms with van der Waals surface area (Å²) in [6.45, 7) is 0. The number of nitrogens with zero attached hydrogens (tertiary/aromatic N) is 1. The number of anilines is 1. The Labute approximate surface area is 116 Å². The lowest BCUT2D eigenvalue weighted by molar-refractivity contribution is 0.554. The maximum absolute atomic E-state index is 13.7. The SMILES string of the molecule is CNC(Cc1ccccc1F)c1cc(Cl)cnc1N. The van der Waals surface area contributed by atoms with Gasteiger partial charge in [-0.05, 0) is 31.2 Å². The minimum atomic E-state index is -0.226. The molecule has 2 rings (SSSR count). The van der Waals surface area contributed by atoms with Gasteiger partial charge in [-0.1, -0.05) is 29.8 Å². The lowest BCUT2D eigenvalue weighted by atomic mass is 9.99. The van der Waals surface area contributed by atoms with Crippen molar-refractivity contribution < 1.29 is 4.39 Å². The van der Waals surface area contributed by atoms with E-state index in [1.54, 1.807) is 25.2 Å². The zero-order valence-electron chi connectivity index (χ0n) is 10.5. The molecule has 3 N–H and O–H groups in total. The van der Waals surface area contributed by atoms with Crippen LogP contribution in [0.1, 0.15) is 17.2 Å². The lowest BCUT2D eigenvalue weighted by Crippen LogP contribution is -2.21. The van der Waals surface area contributed by atoms with Crippen molar-refractivity contribution in [1.29, 1.82) is 0 Å². The van der Waals surface area contributed by atoms with E-state index in [0.717, 1.165) is 5.56 Å². The summed E-state index contributed by atoms with van der Waals surface area (Å²) in [6.07, 6.45) is 1.98. The summed E-state index contributed by atoms with van der Waals surface area (Å²) in [7, 11) is 1.80. The molecule has 0 saturated heterocycles. The molecule has 0 aliphatic carbocycles. The summed E-state index contributed by atoms with van der Waals surface area (Å²) in [6, 6.07) is 8.30. The van der Waals surface area contributed by atoms with Crippen LogP contribution < -0.4 is 11.1 Å². The van der Waals surface area contributed by atoms with Crippen molar-refractivity contribution in [3.8, 4) is 0 Å². The van der Waals surface area contributed by atoms with Gasteiger partial charge in [-0.3, -0.25) is 0 Å². The summed E-state index contributed by atoms with van der Waals surface area (Å²) in [5.41, 5.74) is 7.26. The highest BCUT2D eigenvalue weighted by molar-refractivity contribution is 6.30. The number of rotatable bonds is 4. The number of nitrogens with two attached hydrogens (primary N) is 1. The molecule has 1 unspecified atom stereocenters. The van der Waals surface area contributed by atoms with Crippen molar-refractivity contribution in [2.24, 2.45) is 0 Å². The predicted octanol–water partition coefficient (Wildman–Crippen LogP) is 2.96. The van der Waals surface area contributed by atoms with Crippen LogP contribution in [0.3, 0.4) is 0 Å². The predicted molar refractivity (Wildman–Crippen MR) is 75.6 cm³/mol. The van der Waals surface area contributed by atoms with Gasteiger partial charge < -0.3 is 11.1 Å². The molecule has 100 valence electrons. The van der Waals surface area contributed by atoms with Crippen LogP contribution >= 0.6 is 11.6 Å². The summed E-state index contributed by atoms with van der Waals surface area (Å²) in [5.74, 6) is 0.177. The molecule has 0 aliphatic rings. The van der Waals surface area contributed by atoms with E-state index in [4.69, 9.17) is 17.3 Å². The second-order valence-corrected chi connectivity index (χ2v) is 4.70. The molecular formula is C14H15ClFN3. The first-order valence-corrected chi connectivity index (χ1v) is 6.31. The van der Waals surface area contributed by atoms with Crippen LogP contribution in [0.5, 0.6) is 0 Å². The summed E-state index contributed by atoms with van der Waals surface area (Å²) >= 11 is 5.93. The Morgan fingerprint density at radius 3 is 2.84 bits per heavy atom. The topological polar surface area (TPSA) is 50.9 Å². The van der Waals surface area contributed by atoms with Gasteiger partial charge in [0.25, 0.3) is 0 Å². The van der Waals surface area contributed by atoms with Gasteiger partial charge in [-0.15, -0.1) is 0 Å². The monoisotopic (exact) mass is 279 g/mol. The molecule has 1 aromatic heterocycles. The van der Waals surface area contributed by atoms with Crippen molar-refractivity contribution >= 4 is 17.4 Å². The quantitative estimate of drug-likeness (QED) is 0.905. The van der Waals surface area contributed by atoms with Crippen molar-refractivity contribution in [2.45, 2.75) is 12.5 Å². The molecule has 0 spiro atoms. The third kappa shape index (κ3) is 3.22. The van der Waals surface area contributed by atoms with E-state index >= 15 is 0 Å². The van der Waals surface area contributed by atoms with Crippen molar-refractivity contribution in [2.75, 3.05) is 12.8 Å². The van der Waals surface area contributed by atoms with Crippen LogP contribution in [-0.4, -0.2) is 12.0 Å². The van der Waals surface area contributed by atoms with Gasteiger partial charge in [-0.2, -0.15) is 0 Å². The average Bonchev–Trinajstić information content (AvgIpc) is 2.41. The van der Waals surface area contributed by atoms with E-state index < -0.39 is 0 Å². The van der Waals surface area contributed by atoms with Gasteiger partial charge in [-0.25, -0.2) is 9.37 Å². The second kappa shape index (κ2) is 5.99. The number of pyridine rings is 1. The Morgan fingerprint density at radius 2 is 2.16 bits per heavy atom. The number of nitrogen functional groups attached to an aromatic ring is 1. The molecule has 0 fully saturated rings. The number of benzene rings is 1. The fourth-order valence-corrected chi connectivity index (χ4v) is 2.16. The number of nitrogens with one attached hydrogen (secondary N) is 1. The molecule has 1 atom stereocenters. The van der Waals surface area contributed by atoms with Crippen molar-refractivity contribution in [3.63, 3.8) is 0 Å². The number of hydrogen-bond acceptors (Lipinski definition) is 3. The number of likely N-dealkylation sites (N-methyl/N-ethyl adjacent to an activating group) is 1. The third-order valence-corrected chi connectivity index (χ3v) is 3.23. The largest absolute Gasteiger partial charge is 0.383 e. The van der Waals surface area contributed by atoms with Gasteiger partial charge in [0.15, 0.2) is 0 Å². The zero-order chi connectivity index (χ0) is 13.8. The highest BCUT2D eigenvalue weighted by atomic mass is 35.5. The maximum atomic E-state index is 13.7. The van der Waals surface area contributed by atoms with Crippen LogP contribution in [0.4, 0.5) is 10.2 Å². The molecule has 5 heteroatoms. The fraction of sp³-hybridized carbons (Fsp3) is 0.214. The smallest absolute Gasteiger partial charge is 0.128 e. The number of aromatic nitrogens is 1.